The molecule has 0 saturated carbocycles. The standard InChI is InChI=1S/C14H12Br2FN3O/c15-10-2-1-3-11(16)13(10)19-7-9-5-4-8(6-12(9)17)14(18)20-21/h1-6,19,21H,7H2,(H2,18,20). The van der Waals surface area contributed by atoms with Crippen molar-refractivity contribution in [3.63, 3.8) is 0 Å². The number of hydrogen-bond donors (Lipinski definition) is 3. The van der Waals surface area contributed by atoms with Gasteiger partial charge in [0.2, 0.25) is 0 Å². The summed E-state index contributed by atoms with van der Waals surface area (Å²) in [6, 6.07) is 10.1. The van der Waals surface area contributed by atoms with Gasteiger partial charge in [0.15, 0.2) is 5.84 Å². The highest BCUT2D eigenvalue weighted by molar-refractivity contribution is 9.11. The summed E-state index contributed by atoms with van der Waals surface area (Å²) in [7, 11) is 0. The summed E-state index contributed by atoms with van der Waals surface area (Å²) >= 11 is 6.87. The highest BCUT2D eigenvalue weighted by Gasteiger charge is 2.08. The van der Waals surface area contributed by atoms with E-state index in [4.69, 9.17) is 10.9 Å². The molecule has 0 atom stereocenters. The van der Waals surface area contributed by atoms with Gasteiger partial charge in [0.05, 0.1) is 5.69 Å². The van der Waals surface area contributed by atoms with E-state index in [0.29, 0.717) is 17.7 Å². The lowest BCUT2D eigenvalue weighted by atomic mass is 10.1. The quantitative estimate of drug-likeness (QED) is 0.304. The molecule has 2 aromatic rings. The van der Waals surface area contributed by atoms with E-state index >= 15 is 0 Å². The minimum atomic E-state index is -0.422. The minimum absolute atomic E-state index is 0.123. The molecule has 0 unspecified atom stereocenters. The maximum absolute atomic E-state index is 14.0. The molecule has 4 nitrogen and oxygen atoms in total. The number of nitrogens with two attached hydrogens (primary N) is 1. The lowest BCUT2D eigenvalue weighted by Crippen LogP contribution is -2.14. The normalized spacial score (nSPS) is 11.5. The van der Waals surface area contributed by atoms with Crippen molar-refractivity contribution in [2.45, 2.75) is 6.54 Å². The van der Waals surface area contributed by atoms with E-state index < -0.39 is 5.82 Å². The molecule has 0 aliphatic carbocycles. The van der Waals surface area contributed by atoms with Crippen LogP contribution in [0, 0.1) is 5.82 Å². The third-order valence-corrected chi connectivity index (χ3v) is 4.20. The second-order valence-corrected chi connectivity index (χ2v) is 5.95. The van der Waals surface area contributed by atoms with Crippen molar-refractivity contribution in [2.24, 2.45) is 10.9 Å². The van der Waals surface area contributed by atoms with Gasteiger partial charge in [0, 0.05) is 26.6 Å². The van der Waals surface area contributed by atoms with Gasteiger partial charge in [-0.3, -0.25) is 0 Å². The monoisotopic (exact) mass is 415 g/mol. The van der Waals surface area contributed by atoms with Crippen molar-refractivity contribution in [3.05, 3.63) is 62.3 Å². The Hall–Kier alpha value is -1.60. The first-order valence-electron chi connectivity index (χ1n) is 5.97. The van der Waals surface area contributed by atoms with E-state index in [2.05, 4.69) is 42.3 Å². The van der Waals surface area contributed by atoms with Gasteiger partial charge in [0.25, 0.3) is 0 Å². The molecule has 2 aromatic carbocycles. The predicted molar refractivity (Wildman–Crippen MR) is 88.1 cm³/mol. The average Bonchev–Trinajstić information content (AvgIpc) is 2.47. The van der Waals surface area contributed by atoms with Crippen molar-refractivity contribution in [1.82, 2.24) is 0 Å². The topological polar surface area (TPSA) is 70.6 Å². The van der Waals surface area contributed by atoms with Crippen molar-refractivity contribution >= 4 is 43.4 Å². The van der Waals surface area contributed by atoms with Crippen LogP contribution in [-0.2, 0) is 6.54 Å². The number of halogens is 3. The van der Waals surface area contributed by atoms with Gasteiger partial charge in [-0.05, 0) is 50.1 Å². The van der Waals surface area contributed by atoms with Crippen molar-refractivity contribution in [3.8, 4) is 0 Å². The van der Waals surface area contributed by atoms with Crippen LogP contribution >= 0.6 is 31.9 Å². The summed E-state index contributed by atoms with van der Waals surface area (Å²) in [5.41, 5.74) is 7.08. The number of hydrogen-bond acceptors (Lipinski definition) is 3. The molecule has 0 heterocycles. The Labute approximate surface area is 138 Å². The summed E-state index contributed by atoms with van der Waals surface area (Å²) < 4.78 is 15.8. The molecule has 0 aromatic heterocycles. The van der Waals surface area contributed by atoms with E-state index in [1.807, 2.05) is 18.2 Å². The van der Waals surface area contributed by atoms with Gasteiger partial charge in [-0.2, -0.15) is 0 Å². The van der Waals surface area contributed by atoms with Gasteiger partial charge in [-0.1, -0.05) is 23.4 Å². The first-order valence-corrected chi connectivity index (χ1v) is 7.55. The highest BCUT2D eigenvalue weighted by atomic mass is 79.9. The third kappa shape index (κ3) is 3.74. The van der Waals surface area contributed by atoms with Crippen LogP contribution in [0.15, 0.2) is 50.5 Å². The molecular formula is C14H12Br2FN3O. The van der Waals surface area contributed by atoms with Crippen LogP contribution in [0.1, 0.15) is 11.1 Å². The molecule has 0 spiro atoms. The van der Waals surface area contributed by atoms with Crippen molar-refractivity contribution < 1.29 is 9.60 Å². The number of benzene rings is 2. The molecular weight excluding hydrogens is 405 g/mol. The van der Waals surface area contributed by atoms with E-state index in [0.717, 1.165) is 14.6 Å². The van der Waals surface area contributed by atoms with Crippen LogP contribution in [0.4, 0.5) is 10.1 Å². The first kappa shape index (κ1) is 15.8. The van der Waals surface area contributed by atoms with E-state index in [9.17, 15) is 4.39 Å². The zero-order chi connectivity index (χ0) is 15.4. The molecule has 4 N–H and O–H groups in total. The van der Waals surface area contributed by atoms with Crippen LogP contribution in [0.5, 0.6) is 0 Å². The Bertz CT molecular complexity index is 672. The fraction of sp³-hybridized carbons (Fsp3) is 0.0714. The highest BCUT2D eigenvalue weighted by Crippen LogP contribution is 2.31. The van der Waals surface area contributed by atoms with E-state index in [1.54, 1.807) is 12.1 Å². The SMILES string of the molecule is N/C(=N/O)c1ccc(CNc2c(Br)cccc2Br)c(F)c1. The average molecular weight is 417 g/mol. The summed E-state index contributed by atoms with van der Waals surface area (Å²) in [6.07, 6.45) is 0. The molecule has 0 aliphatic rings. The fourth-order valence-electron chi connectivity index (χ4n) is 1.76. The Balaban J connectivity index is 2.18. The van der Waals surface area contributed by atoms with Gasteiger partial charge < -0.3 is 16.3 Å². The van der Waals surface area contributed by atoms with E-state index in [-0.39, 0.29) is 5.84 Å². The van der Waals surface area contributed by atoms with Crippen LogP contribution in [-0.4, -0.2) is 11.0 Å². The number of anilines is 1. The molecule has 7 heteroatoms. The van der Waals surface area contributed by atoms with E-state index in [1.165, 1.54) is 6.07 Å². The maximum Gasteiger partial charge on any atom is 0.170 e. The van der Waals surface area contributed by atoms with Gasteiger partial charge >= 0.3 is 0 Å². The lowest BCUT2D eigenvalue weighted by molar-refractivity contribution is 0.318. The Morgan fingerprint density at radius 1 is 1.24 bits per heavy atom. The largest absolute Gasteiger partial charge is 0.409 e. The second-order valence-electron chi connectivity index (χ2n) is 4.24. The molecule has 2 rings (SSSR count). The van der Waals surface area contributed by atoms with Gasteiger partial charge in [-0.25, -0.2) is 4.39 Å². The lowest BCUT2D eigenvalue weighted by Gasteiger charge is -2.12. The Morgan fingerprint density at radius 3 is 2.48 bits per heavy atom. The Kier molecular flexibility index (Phi) is 5.19. The summed E-state index contributed by atoms with van der Waals surface area (Å²) in [6.45, 7) is 0.309. The zero-order valence-electron chi connectivity index (χ0n) is 10.8. The van der Waals surface area contributed by atoms with Crippen molar-refractivity contribution in [2.75, 3.05) is 5.32 Å². The van der Waals surface area contributed by atoms with Crippen molar-refractivity contribution in [1.29, 1.82) is 0 Å². The number of oxime groups is 1. The molecule has 110 valence electrons. The maximum atomic E-state index is 14.0. The van der Waals surface area contributed by atoms with Crippen LogP contribution in [0.3, 0.4) is 0 Å². The number of nitrogens with one attached hydrogen (secondary N) is 1. The van der Waals surface area contributed by atoms with Crippen LogP contribution in [0.2, 0.25) is 0 Å². The molecule has 0 fully saturated rings. The summed E-state index contributed by atoms with van der Waals surface area (Å²) in [5.74, 6) is -0.545. The molecule has 0 bridgehead atoms. The molecule has 0 saturated heterocycles. The fourth-order valence-corrected chi connectivity index (χ4v) is 3.04. The van der Waals surface area contributed by atoms with Crippen LogP contribution in [0.25, 0.3) is 0 Å². The Morgan fingerprint density at radius 2 is 1.90 bits per heavy atom. The summed E-state index contributed by atoms with van der Waals surface area (Å²) in [4.78, 5) is 0. The molecule has 0 radical (unpaired) electrons. The number of rotatable bonds is 4. The molecule has 0 amide bonds. The summed E-state index contributed by atoms with van der Waals surface area (Å²) in [5, 5.41) is 14.6. The smallest absolute Gasteiger partial charge is 0.170 e. The zero-order valence-corrected chi connectivity index (χ0v) is 13.9. The molecule has 0 aliphatic heterocycles. The van der Waals surface area contributed by atoms with Gasteiger partial charge in [-0.15, -0.1) is 0 Å². The minimum Gasteiger partial charge on any atom is -0.409 e. The van der Waals surface area contributed by atoms with Gasteiger partial charge in [0.1, 0.15) is 5.82 Å². The number of para-hydroxylation sites is 1. The first-order chi connectivity index (χ1) is 10.0. The number of amidine groups is 1. The molecule has 21 heavy (non-hydrogen) atoms. The predicted octanol–water partition coefficient (Wildman–Crippen LogP) is 4.06. The number of nitrogens with zero attached hydrogens (tertiary/aromatic N) is 1. The third-order valence-electron chi connectivity index (χ3n) is 2.87. The van der Waals surface area contributed by atoms with Crippen LogP contribution < -0.4 is 11.1 Å². The second kappa shape index (κ2) is 6.91.